The Morgan fingerprint density at radius 1 is 1.60 bits per heavy atom. The highest BCUT2D eigenvalue weighted by atomic mass is 16.4. The first-order chi connectivity index (χ1) is 7.18. The molecule has 1 saturated heterocycles. The molecule has 15 heavy (non-hydrogen) atoms. The van der Waals surface area contributed by atoms with Crippen molar-refractivity contribution in [2.75, 3.05) is 0 Å². The van der Waals surface area contributed by atoms with Crippen molar-refractivity contribution in [2.45, 2.75) is 12.5 Å². The number of carbonyl (C=O) groups is 2. The van der Waals surface area contributed by atoms with Gasteiger partial charge in [0, 0.05) is 18.8 Å². The summed E-state index contributed by atoms with van der Waals surface area (Å²) in [6.45, 7) is 0. The van der Waals surface area contributed by atoms with Crippen molar-refractivity contribution in [2.24, 2.45) is 5.92 Å². The van der Waals surface area contributed by atoms with Crippen LogP contribution in [0.25, 0.3) is 0 Å². The largest absolute Gasteiger partial charge is 0.481 e. The zero-order valence-corrected chi connectivity index (χ0v) is 7.88. The number of nitrogens with zero attached hydrogens (tertiary/aromatic N) is 1. The van der Waals surface area contributed by atoms with E-state index < -0.39 is 17.9 Å². The molecule has 0 bridgehead atoms. The highest BCUT2D eigenvalue weighted by Crippen LogP contribution is 2.29. The summed E-state index contributed by atoms with van der Waals surface area (Å²) in [5.41, 5.74) is 0.732. The Morgan fingerprint density at radius 2 is 2.40 bits per heavy atom. The predicted octanol–water partition coefficient (Wildman–Crippen LogP) is 0.343. The Labute approximate surface area is 86.1 Å². The number of carboxylic acids is 1. The van der Waals surface area contributed by atoms with Crippen LogP contribution in [0.1, 0.15) is 18.0 Å². The monoisotopic (exact) mass is 206 g/mol. The van der Waals surface area contributed by atoms with Crippen molar-refractivity contribution in [3.8, 4) is 0 Å². The number of hydrogen-bond acceptors (Lipinski definition) is 3. The smallest absolute Gasteiger partial charge is 0.309 e. The summed E-state index contributed by atoms with van der Waals surface area (Å²) in [5.74, 6) is -1.87. The van der Waals surface area contributed by atoms with E-state index in [0.717, 1.165) is 5.56 Å². The summed E-state index contributed by atoms with van der Waals surface area (Å²) in [7, 11) is 0. The van der Waals surface area contributed by atoms with Gasteiger partial charge in [-0.2, -0.15) is 0 Å². The summed E-state index contributed by atoms with van der Waals surface area (Å²) in [6.07, 6.45) is 3.22. The molecule has 1 aliphatic rings. The fourth-order valence-corrected chi connectivity index (χ4v) is 1.76. The molecule has 1 aliphatic heterocycles. The molecule has 1 amide bonds. The van der Waals surface area contributed by atoms with E-state index in [-0.39, 0.29) is 12.3 Å². The van der Waals surface area contributed by atoms with E-state index >= 15 is 0 Å². The van der Waals surface area contributed by atoms with Crippen LogP contribution < -0.4 is 5.32 Å². The number of aliphatic carboxylic acids is 1. The van der Waals surface area contributed by atoms with Crippen LogP contribution in [0.4, 0.5) is 0 Å². The van der Waals surface area contributed by atoms with Gasteiger partial charge >= 0.3 is 5.97 Å². The van der Waals surface area contributed by atoms with Gasteiger partial charge in [-0.3, -0.25) is 14.6 Å². The molecule has 0 unspecified atom stereocenters. The third-order valence-corrected chi connectivity index (χ3v) is 2.48. The highest BCUT2D eigenvalue weighted by molar-refractivity contribution is 5.87. The second-order valence-electron chi connectivity index (χ2n) is 3.48. The predicted molar refractivity (Wildman–Crippen MR) is 50.9 cm³/mol. The number of pyridine rings is 1. The minimum atomic E-state index is -0.956. The van der Waals surface area contributed by atoms with Crippen LogP contribution in [0.2, 0.25) is 0 Å². The van der Waals surface area contributed by atoms with Crippen molar-refractivity contribution in [1.29, 1.82) is 0 Å². The zero-order valence-electron chi connectivity index (χ0n) is 7.88. The van der Waals surface area contributed by atoms with Crippen LogP contribution in [-0.2, 0) is 9.59 Å². The fraction of sp³-hybridized carbons (Fsp3) is 0.300. The molecule has 1 aromatic heterocycles. The van der Waals surface area contributed by atoms with Crippen LogP contribution in [0.3, 0.4) is 0 Å². The van der Waals surface area contributed by atoms with E-state index in [0.29, 0.717) is 0 Å². The van der Waals surface area contributed by atoms with Gasteiger partial charge in [-0.25, -0.2) is 0 Å². The number of hydrogen-bond donors (Lipinski definition) is 2. The van der Waals surface area contributed by atoms with Crippen LogP contribution in [0.5, 0.6) is 0 Å². The quantitative estimate of drug-likeness (QED) is 0.731. The molecule has 0 aromatic carbocycles. The minimum Gasteiger partial charge on any atom is -0.481 e. The standard InChI is InChI=1S/C10H10N2O3/c13-8-4-7(10(14)15)9(12-8)6-2-1-3-11-5-6/h1-3,5,7,9H,4H2,(H,12,13)(H,14,15)/t7-,9-/m1/s1. The van der Waals surface area contributed by atoms with Crippen molar-refractivity contribution >= 4 is 11.9 Å². The molecule has 0 radical (unpaired) electrons. The van der Waals surface area contributed by atoms with Gasteiger partial charge < -0.3 is 10.4 Å². The first kappa shape index (κ1) is 9.64. The first-order valence-electron chi connectivity index (χ1n) is 4.60. The number of rotatable bonds is 2. The molecule has 2 N–H and O–H groups in total. The second-order valence-corrected chi connectivity index (χ2v) is 3.48. The van der Waals surface area contributed by atoms with Crippen molar-refractivity contribution in [1.82, 2.24) is 10.3 Å². The van der Waals surface area contributed by atoms with Crippen molar-refractivity contribution in [3.05, 3.63) is 30.1 Å². The van der Waals surface area contributed by atoms with Gasteiger partial charge in [-0.05, 0) is 11.6 Å². The topological polar surface area (TPSA) is 79.3 Å². The summed E-state index contributed by atoms with van der Waals surface area (Å²) < 4.78 is 0. The molecule has 78 valence electrons. The lowest BCUT2D eigenvalue weighted by molar-refractivity contribution is -0.142. The maximum Gasteiger partial charge on any atom is 0.309 e. The molecule has 5 heteroatoms. The molecule has 2 rings (SSSR count). The Kier molecular flexibility index (Phi) is 2.37. The summed E-state index contributed by atoms with van der Waals surface area (Å²) in [6, 6.07) is 3.03. The molecule has 2 atom stereocenters. The van der Waals surface area contributed by atoms with Gasteiger partial charge in [0.15, 0.2) is 0 Å². The Bertz CT molecular complexity index is 391. The molecular weight excluding hydrogens is 196 g/mol. The van der Waals surface area contributed by atoms with Gasteiger partial charge in [-0.1, -0.05) is 6.07 Å². The molecule has 1 fully saturated rings. The Hall–Kier alpha value is -1.91. The second kappa shape index (κ2) is 3.68. The average Bonchev–Trinajstić information content (AvgIpc) is 2.62. The third kappa shape index (κ3) is 1.81. The lowest BCUT2D eigenvalue weighted by Gasteiger charge is -2.14. The van der Waals surface area contributed by atoms with Gasteiger partial charge in [0.1, 0.15) is 0 Å². The molecule has 0 aliphatic carbocycles. The normalized spacial score (nSPS) is 24.9. The maximum atomic E-state index is 11.1. The molecule has 0 saturated carbocycles. The first-order valence-corrected chi connectivity index (χ1v) is 4.60. The van der Waals surface area contributed by atoms with Crippen LogP contribution >= 0.6 is 0 Å². The number of carbonyl (C=O) groups excluding carboxylic acids is 1. The lowest BCUT2D eigenvalue weighted by atomic mass is 9.95. The Morgan fingerprint density at radius 3 is 3.00 bits per heavy atom. The van der Waals surface area contributed by atoms with E-state index in [1.54, 1.807) is 24.5 Å². The average molecular weight is 206 g/mol. The molecule has 2 heterocycles. The van der Waals surface area contributed by atoms with E-state index in [1.165, 1.54) is 0 Å². The van der Waals surface area contributed by atoms with Crippen LogP contribution in [0, 0.1) is 5.92 Å². The van der Waals surface area contributed by atoms with Crippen molar-refractivity contribution < 1.29 is 14.7 Å². The number of aromatic nitrogens is 1. The van der Waals surface area contributed by atoms with Crippen molar-refractivity contribution in [3.63, 3.8) is 0 Å². The van der Waals surface area contributed by atoms with Crippen LogP contribution in [0.15, 0.2) is 24.5 Å². The summed E-state index contributed by atoms with van der Waals surface area (Å²) in [5, 5.41) is 11.6. The fourth-order valence-electron chi connectivity index (χ4n) is 1.76. The lowest BCUT2D eigenvalue weighted by Crippen LogP contribution is -2.24. The van der Waals surface area contributed by atoms with E-state index in [1.807, 2.05) is 0 Å². The van der Waals surface area contributed by atoms with Gasteiger partial charge in [0.25, 0.3) is 0 Å². The molecule has 0 spiro atoms. The summed E-state index contributed by atoms with van der Waals surface area (Å²) in [4.78, 5) is 26.0. The molecular formula is C10H10N2O3. The molecule has 1 aromatic rings. The van der Waals surface area contributed by atoms with Gasteiger partial charge in [0.05, 0.1) is 12.0 Å². The summed E-state index contributed by atoms with van der Waals surface area (Å²) >= 11 is 0. The van der Waals surface area contributed by atoms with E-state index in [2.05, 4.69) is 10.3 Å². The van der Waals surface area contributed by atoms with E-state index in [4.69, 9.17) is 5.11 Å². The third-order valence-electron chi connectivity index (χ3n) is 2.48. The van der Waals surface area contributed by atoms with Gasteiger partial charge in [0.2, 0.25) is 5.91 Å². The van der Waals surface area contributed by atoms with Crippen LogP contribution in [-0.4, -0.2) is 22.0 Å². The molecule has 5 nitrogen and oxygen atoms in total. The van der Waals surface area contributed by atoms with Gasteiger partial charge in [-0.15, -0.1) is 0 Å². The SMILES string of the molecule is O=C1C[C@@H](C(=O)O)[C@@H](c2cccnc2)N1. The highest BCUT2D eigenvalue weighted by Gasteiger charge is 2.38. The number of nitrogens with one attached hydrogen (secondary N) is 1. The minimum absolute atomic E-state index is 0.0366. The number of amides is 1. The number of carboxylic acid groups (broad SMARTS) is 1. The van der Waals surface area contributed by atoms with E-state index in [9.17, 15) is 9.59 Å². The Balaban J connectivity index is 2.28. The maximum absolute atomic E-state index is 11.1. The zero-order chi connectivity index (χ0) is 10.8.